The molecule has 2 unspecified atom stereocenters. The van der Waals surface area contributed by atoms with Crippen molar-refractivity contribution < 1.29 is 14.3 Å². The third-order valence-electron chi connectivity index (χ3n) is 5.57. The number of rotatable bonds is 5. The Kier molecular flexibility index (Phi) is 4.92. The first-order valence-electron chi connectivity index (χ1n) is 9.60. The van der Waals surface area contributed by atoms with Crippen LogP contribution in [0.2, 0.25) is 0 Å². The fourth-order valence-corrected chi connectivity index (χ4v) is 4.08. The van der Waals surface area contributed by atoms with Crippen molar-refractivity contribution in [3.05, 3.63) is 59.0 Å². The van der Waals surface area contributed by atoms with Crippen molar-refractivity contribution >= 4 is 27.9 Å². The van der Waals surface area contributed by atoms with Crippen LogP contribution in [0.4, 0.5) is 0 Å². The maximum Gasteiger partial charge on any atom is 0.309 e. The Hall–Kier alpha value is -3.79. The van der Waals surface area contributed by atoms with Gasteiger partial charge in [-0.1, -0.05) is 6.92 Å². The van der Waals surface area contributed by atoms with Gasteiger partial charge in [-0.15, -0.1) is 0 Å². The first kappa shape index (κ1) is 19.5. The van der Waals surface area contributed by atoms with Crippen LogP contribution in [0.25, 0.3) is 21.9 Å². The lowest BCUT2D eigenvalue weighted by Gasteiger charge is -2.24. The molecule has 7 heteroatoms. The van der Waals surface area contributed by atoms with E-state index >= 15 is 0 Å². The van der Waals surface area contributed by atoms with Crippen LogP contribution >= 0.6 is 0 Å². The number of nitrogens with one attached hydrogen (secondary N) is 2. The summed E-state index contributed by atoms with van der Waals surface area (Å²) >= 11 is 0. The van der Waals surface area contributed by atoms with E-state index in [2.05, 4.69) is 16.0 Å². The third-order valence-corrected chi connectivity index (χ3v) is 5.57. The van der Waals surface area contributed by atoms with E-state index < -0.39 is 11.8 Å². The van der Waals surface area contributed by atoms with E-state index in [0.717, 1.165) is 27.5 Å². The van der Waals surface area contributed by atoms with Crippen LogP contribution in [0.3, 0.4) is 0 Å². The summed E-state index contributed by atoms with van der Waals surface area (Å²) in [5.41, 5.74) is 4.87. The number of aryl methyl sites for hydroxylation is 1. The van der Waals surface area contributed by atoms with Crippen molar-refractivity contribution in [2.45, 2.75) is 19.8 Å². The molecule has 2 heterocycles. The van der Waals surface area contributed by atoms with Gasteiger partial charge in [-0.3, -0.25) is 4.79 Å². The lowest BCUT2D eigenvalue weighted by Crippen LogP contribution is -2.23. The molecule has 0 spiro atoms. The van der Waals surface area contributed by atoms with Gasteiger partial charge < -0.3 is 19.4 Å². The van der Waals surface area contributed by atoms with Crippen molar-refractivity contribution in [1.29, 1.82) is 5.26 Å². The number of imidazole rings is 1. The fourth-order valence-electron chi connectivity index (χ4n) is 4.08. The van der Waals surface area contributed by atoms with Gasteiger partial charge in [0, 0.05) is 22.7 Å². The van der Waals surface area contributed by atoms with Crippen LogP contribution in [0.5, 0.6) is 5.75 Å². The van der Waals surface area contributed by atoms with Gasteiger partial charge in [-0.05, 0) is 42.8 Å². The number of nitriles is 1. The number of carbonyl (C=O) groups excluding carboxylic acids is 1. The van der Waals surface area contributed by atoms with Gasteiger partial charge >= 0.3 is 5.97 Å². The largest absolute Gasteiger partial charge is 0.496 e. The number of benzene rings is 2. The van der Waals surface area contributed by atoms with E-state index in [1.54, 1.807) is 19.2 Å². The highest BCUT2D eigenvalue weighted by Gasteiger charge is 2.34. The molecule has 4 rings (SSSR count). The number of esters is 1. The summed E-state index contributed by atoms with van der Waals surface area (Å²) in [7, 11) is 3.00. The number of hydrogen-bond acceptors (Lipinski definition) is 5. The number of methoxy groups -OCH3 is 2. The molecular weight excluding hydrogens is 380 g/mol. The monoisotopic (exact) mass is 402 g/mol. The van der Waals surface area contributed by atoms with E-state index in [9.17, 15) is 10.1 Å². The normalized spacial score (nSPS) is 13.2. The predicted octanol–water partition coefficient (Wildman–Crippen LogP) is 4.17. The van der Waals surface area contributed by atoms with Crippen LogP contribution in [0.15, 0.2) is 36.5 Å². The van der Waals surface area contributed by atoms with Crippen LogP contribution < -0.4 is 4.74 Å². The van der Waals surface area contributed by atoms with Gasteiger partial charge in [0.2, 0.25) is 0 Å². The number of aromatic amines is 2. The van der Waals surface area contributed by atoms with Crippen molar-refractivity contribution in [3.8, 4) is 11.8 Å². The Balaban J connectivity index is 2.00. The maximum atomic E-state index is 12.6. The number of fused-ring (bicyclic) bond motifs is 2. The zero-order chi connectivity index (χ0) is 21.4. The predicted molar refractivity (Wildman–Crippen MR) is 113 cm³/mol. The van der Waals surface area contributed by atoms with Gasteiger partial charge in [0.15, 0.2) is 0 Å². The van der Waals surface area contributed by atoms with E-state index in [-0.39, 0.29) is 5.97 Å². The topological polar surface area (TPSA) is 104 Å². The average Bonchev–Trinajstić information content (AvgIpc) is 3.41. The number of H-pyrrole nitrogens is 2. The molecule has 30 heavy (non-hydrogen) atoms. The van der Waals surface area contributed by atoms with E-state index in [1.165, 1.54) is 7.11 Å². The second-order valence-corrected chi connectivity index (χ2v) is 7.33. The summed E-state index contributed by atoms with van der Waals surface area (Å²) in [6.07, 6.45) is 1.87. The van der Waals surface area contributed by atoms with E-state index in [4.69, 9.17) is 14.5 Å². The molecule has 0 bridgehead atoms. The molecule has 2 atom stereocenters. The van der Waals surface area contributed by atoms with Crippen molar-refractivity contribution in [3.63, 3.8) is 0 Å². The van der Waals surface area contributed by atoms with Crippen LogP contribution in [0.1, 0.15) is 35.4 Å². The SMILES string of the molecule is COC(=O)C(C)C(c1nc2cc(C#N)ccc2[nH]1)c1c(OC)cc(C)c2[nH]ccc12. The molecule has 0 aliphatic carbocycles. The highest BCUT2D eigenvalue weighted by Crippen LogP contribution is 2.42. The molecule has 0 radical (unpaired) electrons. The summed E-state index contributed by atoms with van der Waals surface area (Å²) in [4.78, 5) is 24.0. The maximum absolute atomic E-state index is 12.6. The third kappa shape index (κ3) is 3.07. The molecule has 0 aliphatic rings. The van der Waals surface area contributed by atoms with Gasteiger partial charge in [0.05, 0.1) is 48.7 Å². The summed E-state index contributed by atoms with van der Waals surface area (Å²) < 4.78 is 10.8. The number of ether oxygens (including phenoxy) is 2. The molecule has 0 fully saturated rings. The highest BCUT2D eigenvalue weighted by molar-refractivity contribution is 5.90. The summed E-state index contributed by atoms with van der Waals surface area (Å²) in [6, 6.07) is 11.4. The van der Waals surface area contributed by atoms with Gasteiger partial charge in [-0.25, -0.2) is 4.98 Å². The lowest BCUT2D eigenvalue weighted by molar-refractivity contribution is -0.145. The minimum Gasteiger partial charge on any atom is -0.496 e. The molecule has 2 aromatic carbocycles. The Labute approximate surface area is 173 Å². The van der Waals surface area contributed by atoms with Crippen molar-refractivity contribution in [2.24, 2.45) is 5.92 Å². The minimum atomic E-state index is -0.527. The molecule has 152 valence electrons. The zero-order valence-electron chi connectivity index (χ0n) is 17.2. The Bertz CT molecular complexity index is 1300. The summed E-state index contributed by atoms with van der Waals surface area (Å²) in [5.74, 6) is -0.0180. The number of carbonyl (C=O) groups is 1. The van der Waals surface area contributed by atoms with E-state index in [0.29, 0.717) is 22.7 Å². The smallest absolute Gasteiger partial charge is 0.309 e. The second-order valence-electron chi connectivity index (χ2n) is 7.33. The molecule has 2 N–H and O–H groups in total. The molecule has 0 saturated heterocycles. The van der Waals surface area contributed by atoms with Gasteiger partial charge in [0.25, 0.3) is 0 Å². The van der Waals surface area contributed by atoms with E-state index in [1.807, 2.05) is 38.2 Å². The molecule has 2 aromatic heterocycles. The van der Waals surface area contributed by atoms with Crippen LogP contribution in [0, 0.1) is 24.2 Å². The Morgan fingerprint density at radius 1 is 1.23 bits per heavy atom. The Morgan fingerprint density at radius 3 is 2.73 bits per heavy atom. The zero-order valence-corrected chi connectivity index (χ0v) is 17.2. The van der Waals surface area contributed by atoms with Gasteiger partial charge in [-0.2, -0.15) is 5.26 Å². The quantitative estimate of drug-likeness (QED) is 0.488. The summed E-state index contributed by atoms with van der Waals surface area (Å²) in [5, 5.41) is 10.2. The standard InChI is InChI=1S/C23H22N4O3/c1-12-9-18(29-3)20(15-7-8-25-21(12)15)19(13(2)23(28)30-4)22-26-16-6-5-14(11-24)10-17(16)27-22/h5-10,13,19,25H,1-4H3,(H,26,27). The minimum absolute atomic E-state index is 0.343. The van der Waals surface area contributed by atoms with Gasteiger partial charge in [0.1, 0.15) is 11.6 Å². The van der Waals surface area contributed by atoms with Crippen LogP contribution in [-0.4, -0.2) is 35.1 Å². The summed E-state index contributed by atoms with van der Waals surface area (Å²) in [6.45, 7) is 3.83. The number of aromatic nitrogens is 3. The van der Waals surface area contributed by atoms with Crippen LogP contribution in [-0.2, 0) is 9.53 Å². The van der Waals surface area contributed by atoms with Crippen molar-refractivity contribution in [1.82, 2.24) is 15.0 Å². The fraction of sp³-hybridized carbons (Fsp3) is 0.261. The highest BCUT2D eigenvalue weighted by atomic mass is 16.5. The molecule has 0 aliphatic heterocycles. The number of hydrogen-bond donors (Lipinski definition) is 2. The Morgan fingerprint density at radius 2 is 2.03 bits per heavy atom. The average molecular weight is 402 g/mol. The lowest BCUT2D eigenvalue weighted by atomic mass is 9.83. The first-order chi connectivity index (χ1) is 14.5. The number of nitrogens with zero attached hydrogens (tertiary/aromatic N) is 2. The van der Waals surface area contributed by atoms with Crippen molar-refractivity contribution in [2.75, 3.05) is 14.2 Å². The molecule has 0 amide bonds. The first-order valence-corrected chi connectivity index (χ1v) is 9.60. The molecule has 7 nitrogen and oxygen atoms in total. The second kappa shape index (κ2) is 7.56. The molecular formula is C23H22N4O3. The molecule has 4 aromatic rings. The molecule has 0 saturated carbocycles.